The molecule has 9 heteroatoms. The van der Waals surface area contributed by atoms with Crippen LogP contribution in [0.5, 0.6) is 5.75 Å². The van der Waals surface area contributed by atoms with Gasteiger partial charge in [-0.1, -0.05) is 0 Å². The Bertz CT molecular complexity index is 1330. The number of carbonyl (C=O) groups is 1. The largest absolute Gasteiger partial charge is 0.492 e. The first kappa shape index (κ1) is 27.4. The second-order valence-corrected chi connectivity index (χ2v) is 10.9. The van der Waals surface area contributed by atoms with Crippen LogP contribution in [-0.4, -0.2) is 58.6 Å². The topological polar surface area (TPSA) is 96.6 Å². The zero-order valence-corrected chi connectivity index (χ0v) is 23.3. The molecule has 3 heterocycles. The lowest BCUT2D eigenvalue weighted by Gasteiger charge is -2.23. The summed E-state index contributed by atoms with van der Waals surface area (Å²) in [7, 11) is 1.78. The normalized spacial score (nSPS) is 17.5. The van der Waals surface area contributed by atoms with Gasteiger partial charge in [-0.05, 0) is 76.5 Å². The van der Waals surface area contributed by atoms with E-state index in [0.717, 1.165) is 86.5 Å². The van der Waals surface area contributed by atoms with Crippen molar-refractivity contribution in [2.45, 2.75) is 71.1 Å². The third-order valence-electron chi connectivity index (χ3n) is 7.88. The molecule has 1 aromatic carbocycles. The molecule has 1 unspecified atom stereocenters. The van der Waals surface area contributed by atoms with Gasteiger partial charge in [-0.3, -0.25) is 9.59 Å². The zero-order valence-electron chi connectivity index (χ0n) is 23.3. The molecule has 39 heavy (non-hydrogen) atoms. The Morgan fingerprint density at radius 2 is 1.95 bits per heavy atom. The predicted molar refractivity (Wildman–Crippen MR) is 150 cm³/mol. The Morgan fingerprint density at radius 3 is 2.69 bits per heavy atom. The lowest BCUT2D eigenvalue weighted by Crippen LogP contribution is -2.39. The van der Waals surface area contributed by atoms with Gasteiger partial charge in [-0.15, -0.1) is 0 Å². The fraction of sp³-hybridized carbons (Fsp3) is 0.567. The molecule has 1 saturated heterocycles. The van der Waals surface area contributed by atoms with E-state index >= 15 is 0 Å². The Labute approximate surface area is 229 Å². The maximum Gasteiger partial charge on any atom is 0.323 e. The number of hydrogen-bond donors (Lipinski definition) is 1. The summed E-state index contributed by atoms with van der Waals surface area (Å²) >= 11 is 0. The van der Waals surface area contributed by atoms with E-state index in [1.54, 1.807) is 11.6 Å². The molecule has 2 aromatic heterocycles. The molecule has 2 aliphatic rings. The van der Waals surface area contributed by atoms with Crippen molar-refractivity contribution in [2.24, 2.45) is 13.0 Å². The van der Waals surface area contributed by atoms with Gasteiger partial charge in [-0.2, -0.15) is 0 Å². The molecule has 1 aliphatic heterocycles. The first-order chi connectivity index (χ1) is 18.9. The van der Waals surface area contributed by atoms with E-state index in [9.17, 15) is 9.59 Å². The van der Waals surface area contributed by atoms with Crippen LogP contribution in [0.1, 0.15) is 51.0 Å². The standard InChI is InChI=1S/C30H40N4O5/c1-20-16-23(19-33(3)29(20)35)28-32-26-17-25(8-9-27(26)34(28)18-22-10-13-37-14-11-22)38-15-12-31-21(2)30(36)39-24-6-4-5-7-24/h8-9,16-17,19,21-22,24,31H,4-7,10-15,18H2,1-3H3. The maximum absolute atomic E-state index is 12.3. The number of rotatable bonds is 10. The molecule has 2 fully saturated rings. The summed E-state index contributed by atoms with van der Waals surface area (Å²) in [5.41, 5.74) is 3.50. The van der Waals surface area contributed by atoms with Crippen molar-refractivity contribution in [3.63, 3.8) is 0 Å². The summed E-state index contributed by atoms with van der Waals surface area (Å²) in [4.78, 5) is 29.6. The number of aromatic nitrogens is 3. The first-order valence-corrected chi connectivity index (χ1v) is 14.2. The van der Waals surface area contributed by atoms with Crippen molar-refractivity contribution < 1.29 is 19.0 Å². The second-order valence-electron chi connectivity index (χ2n) is 10.9. The molecule has 0 bridgehead atoms. The van der Waals surface area contributed by atoms with Crippen LogP contribution in [-0.2, 0) is 27.9 Å². The number of imidazole rings is 1. The van der Waals surface area contributed by atoms with Crippen LogP contribution in [0.2, 0.25) is 0 Å². The second kappa shape index (κ2) is 12.3. The smallest absolute Gasteiger partial charge is 0.323 e. The minimum absolute atomic E-state index is 0.00347. The van der Waals surface area contributed by atoms with Gasteiger partial charge < -0.3 is 28.7 Å². The maximum atomic E-state index is 12.3. The molecule has 1 atom stereocenters. The van der Waals surface area contributed by atoms with E-state index in [-0.39, 0.29) is 23.7 Å². The monoisotopic (exact) mass is 536 g/mol. The SMILES string of the molecule is Cc1cc(-c2nc3cc(OCCNC(C)C(=O)OC4CCCC4)ccc3n2CC2CCOCC2)cn(C)c1=O. The average molecular weight is 537 g/mol. The quantitative estimate of drug-likeness (QED) is 0.309. The summed E-state index contributed by atoms with van der Waals surface area (Å²) < 4.78 is 21.1. The van der Waals surface area contributed by atoms with E-state index in [1.807, 2.05) is 38.2 Å². The number of pyridine rings is 1. The van der Waals surface area contributed by atoms with Crippen LogP contribution in [0.25, 0.3) is 22.4 Å². The van der Waals surface area contributed by atoms with Crippen LogP contribution in [0.3, 0.4) is 0 Å². The average Bonchev–Trinajstić information content (AvgIpc) is 3.57. The third kappa shape index (κ3) is 6.53. The molecule has 0 amide bonds. The van der Waals surface area contributed by atoms with Crippen LogP contribution in [0, 0.1) is 12.8 Å². The summed E-state index contributed by atoms with van der Waals surface area (Å²) in [5, 5.41) is 3.20. The first-order valence-electron chi connectivity index (χ1n) is 14.2. The lowest BCUT2D eigenvalue weighted by molar-refractivity contribution is -0.150. The molecule has 210 valence electrons. The van der Waals surface area contributed by atoms with Crippen molar-refractivity contribution >= 4 is 17.0 Å². The number of aryl methyl sites for hydroxylation is 2. The van der Waals surface area contributed by atoms with E-state index in [1.165, 1.54) is 0 Å². The number of esters is 1. The fourth-order valence-corrected chi connectivity index (χ4v) is 5.59. The van der Waals surface area contributed by atoms with Crippen molar-refractivity contribution in [2.75, 3.05) is 26.4 Å². The van der Waals surface area contributed by atoms with Gasteiger partial charge in [0, 0.05) is 56.7 Å². The van der Waals surface area contributed by atoms with E-state index in [2.05, 4.69) is 16.0 Å². The van der Waals surface area contributed by atoms with E-state index in [0.29, 0.717) is 24.6 Å². The molecule has 1 N–H and O–H groups in total. The summed E-state index contributed by atoms with van der Waals surface area (Å²) in [6.45, 7) is 7.03. The Kier molecular flexibility index (Phi) is 8.67. The van der Waals surface area contributed by atoms with Gasteiger partial charge in [0.05, 0.1) is 11.0 Å². The molecular formula is C30H40N4O5. The molecule has 5 rings (SSSR count). The molecule has 1 aliphatic carbocycles. The van der Waals surface area contributed by atoms with Gasteiger partial charge in [0.15, 0.2) is 0 Å². The van der Waals surface area contributed by atoms with E-state index < -0.39 is 0 Å². The van der Waals surface area contributed by atoms with Crippen LogP contribution >= 0.6 is 0 Å². The minimum Gasteiger partial charge on any atom is -0.492 e. The van der Waals surface area contributed by atoms with Crippen molar-refractivity contribution in [3.8, 4) is 17.1 Å². The minimum atomic E-state index is -0.370. The van der Waals surface area contributed by atoms with Crippen LogP contribution in [0.4, 0.5) is 0 Å². The van der Waals surface area contributed by atoms with Gasteiger partial charge in [0.1, 0.15) is 30.3 Å². The van der Waals surface area contributed by atoms with Crippen molar-refractivity contribution in [1.29, 1.82) is 0 Å². The summed E-state index contributed by atoms with van der Waals surface area (Å²) in [6.07, 6.45) is 8.19. The Morgan fingerprint density at radius 1 is 1.18 bits per heavy atom. The van der Waals surface area contributed by atoms with Gasteiger partial charge >= 0.3 is 5.97 Å². The van der Waals surface area contributed by atoms with Gasteiger partial charge in [0.25, 0.3) is 5.56 Å². The Balaban J connectivity index is 1.29. The molecule has 1 saturated carbocycles. The highest BCUT2D eigenvalue weighted by atomic mass is 16.5. The predicted octanol–water partition coefficient (Wildman–Crippen LogP) is 3.98. The molecule has 0 spiro atoms. The third-order valence-corrected chi connectivity index (χ3v) is 7.88. The Hall–Kier alpha value is -3.17. The molecule has 9 nitrogen and oxygen atoms in total. The number of fused-ring (bicyclic) bond motifs is 1. The van der Waals surface area contributed by atoms with Gasteiger partial charge in [-0.25, -0.2) is 4.98 Å². The van der Waals surface area contributed by atoms with Crippen LogP contribution in [0.15, 0.2) is 35.3 Å². The number of benzene rings is 1. The number of ether oxygens (including phenoxy) is 3. The summed E-state index contributed by atoms with van der Waals surface area (Å²) in [6, 6.07) is 7.55. The highest BCUT2D eigenvalue weighted by molar-refractivity contribution is 5.82. The van der Waals surface area contributed by atoms with Crippen molar-refractivity contribution in [1.82, 2.24) is 19.4 Å². The fourth-order valence-electron chi connectivity index (χ4n) is 5.59. The number of hydrogen-bond acceptors (Lipinski definition) is 7. The zero-order chi connectivity index (χ0) is 27.4. The van der Waals surface area contributed by atoms with E-state index in [4.69, 9.17) is 19.2 Å². The molecular weight excluding hydrogens is 496 g/mol. The number of nitrogens with one attached hydrogen (secondary N) is 1. The summed E-state index contributed by atoms with van der Waals surface area (Å²) in [5.74, 6) is 1.89. The van der Waals surface area contributed by atoms with Gasteiger partial charge in [0.2, 0.25) is 0 Å². The van der Waals surface area contributed by atoms with Crippen LogP contribution < -0.4 is 15.6 Å². The highest BCUT2D eigenvalue weighted by Gasteiger charge is 2.23. The molecule has 3 aromatic rings. The molecule has 0 radical (unpaired) electrons. The lowest BCUT2D eigenvalue weighted by atomic mass is 10.00. The highest BCUT2D eigenvalue weighted by Crippen LogP contribution is 2.30. The number of carbonyl (C=O) groups excluding carboxylic acids is 1. The number of nitrogens with zero attached hydrogens (tertiary/aromatic N) is 3. The van der Waals surface area contributed by atoms with Crippen molar-refractivity contribution in [3.05, 3.63) is 46.4 Å².